The summed E-state index contributed by atoms with van der Waals surface area (Å²) >= 11 is 0. The lowest BCUT2D eigenvalue weighted by atomic mass is 10.1. The largest absolute Gasteiger partial charge is 0.273 e. The maximum absolute atomic E-state index is 12.9. The van der Waals surface area contributed by atoms with Gasteiger partial charge >= 0.3 is 0 Å². The maximum Gasteiger partial charge on any atom is 0.242 e. The predicted molar refractivity (Wildman–Crippen MR) is 90.8 cm³/mol. The minimum atomic E-state index is -0.303. The Morgan fingerprint density at radius 2 is 1.04 bits per heavy atom. The van der Waals surface area contributed by atoms with Crippen LogP contribution in [-0.4, -0.2) is 11.8 Å². The number of hydrazine groups is 1. The highest BCUT2D eigenvalue weighted by Gasteiger charge is 2.46. The van der Waals surface area contributed by atoms with Crippen LogP contribution in [0, 0.1) is 23.5 Å². The second-order valence-corrected chi connectivity index (χ2v) is 6.98. The standard InChI is InChI=1S/C20H18F2N2O2/c21-13-5-1-11(2-6-13)15-9-17(15)19(25)23-24-20(26)18-10-16(18)12-3-7-14(22)8-4-12/h1-8,15-18H,9-10H2,(H,23,25)(H,24,26)/t15-,16+,17-,18-/m1/s1. The molecule has 2 aromatic carbocycles. The van der Waals surface area contributed by atoms with Crippen molar-refractivity contribution in [2.75, 3.05) is 0 Å². The van der Waals surface area contributed by atoms with Crippen molar-refractivity contribution in [2.45, 2.75) is 24.7 Å². The fourth-order valence-electron chi connectivity index (χ4n) is 3.43. The van der Waals surface area contributed by atoms with Crippen molar-refractivity contribution in [1.29, 1.82) is 0 Å². The Labute approximate surface area is 149 Å². The van der Waals surface area contributed by atoms with Crippen LogP contribution in [0.25, 0.3) is 0 Å². The maximum atomic E-state index is 12.9. The zero-order valence-corrected chi connectivity index (χ0v) is 13.9. The SMILES string of the molecule is O=C(NNC(=O)[C@@H]1C[C@H]1c1ccc(F)cc1)[C@@H]1C[C@@H]1c1ccc(F)cc1. The van der Waals surface area contributed by atoms with E-state index < -0.39 is 0 Å². The average molecular weight is 356 g/mol. The number of hydrogen-bond donors (Lipinski definition) is 2. The third-order valence-corrected chi connectivity index (χ3v) is 5.16. The van der Waals surface area contributed by atoms with Gasteiger partial charge in [0.05, 0.1) is 0 Å². The molecule has 4 rings (SSSR count). The molecule has 0 aliphatic heterocycles. The first-order valence-corrected chi connectivity index (χ1v) is 8.63. The molecule has 2 N–H and O–H groups in total. The van der Waals surface area contributed by atoms with Crippen molar-refractivity contribution in [1.82, 2.24) is 10.9 Å². The Morgan fingerprint density at radius 3 is 1.38 bits per heavy atom. The number of rotatable bonds is 4. The molecule has 0 aromatic heterocycles. The van der Waals surface area contributed by atoms with Crippen LogP contribution in [0.1, 0.15) is 35.8 Å². The van der Waals surface area contributed by atoms with Crippen LogP contribution in [0.15, 0.2) is 48.5 Å². The van der Waals surface area contributed by atoms with E-state index in [2.05, 4.69) is 10.9 Å². The van der Waals surface area contributed by atoms with Crippen LogP contribution in [0.3, 0.4) is 0 Å². The topological polar surface area (TPSA) is 58.2 Å². The second-order valence-electron chi connectivity index (χ2n) is 6.98. The molecule has 2 aliphatic carbocycles. The molecule has 2 aromatic rings. The summed E-state index contributed by atoms with van der Waals surface area (Å²) in [7, 11) is 0. The van der Waals surface area contributed by atoms with Gasteiger partial charge in [-0.2, -0.15) is 0 Å². The van der Waals surface area contributed by atoms with Crippen molar-refractivity contribution >= 4 is 11.8 Å². The lowest BCUT2D eigenvalue weighted by Gasteiger charge is -2.07. The molecule has 2 saturated carbocycles. The van der Waals surface area contributed by atoms with E-state index in [0.717, 1.165) is 11.1 Å². The monoisotopic (exact) mass is 356 g/mol. The smallest absolute Gasteiger partial charge is 0.242 e. The third kappa shape index (κ3) is 3.45. The zero-order chi connectivity index (χ0) is 18.3. The minimum absolute atomic E-state index is 0.0698. The molecule has 0 bridgehead atoms. The van der Waals surface area contributed by atoms with Gasteiger partial charge in [0.2, 0.25) is 11.8 Å². The molecule has 0 unspecified atom stereocenters. The molecular formula is C20H18F2N2O2. The van der Waals surface area contributed by atoms with Crippen LogP contribution in [-0.2, 0) is 9.59 Å². The fourth-order valence-corrected chi connectivity index (χ4v) is 3.43. The number of carbonyl (C=O) groups excluding carboxylic acids is 2. The van der Waals surface area contributed by atoms with E-state index in [-0.39, 0.29) is 47.1 Å². The van der Waals surface area contributed by atoms with Crippen LogP contribution in [0.5, 0.6) is 0 Å². The van der Waals surface area contributed by atoms with Crippen molar-refractivity contribution in [2.24, 2.45) is 11.8 Å². The Hall–Kier alpha value is -2.76. The number of nitrogens with one attached hydrogen (secondary N) is 2. The van der Waals surface area contributed by atoms with Gasteiger partial charge in [0.1, 0.15) is 11.6 Å². The molecular weight excluding hydrogens is 338 g/mol. The van der Waals surface area contributed by atoms with E-state index in [1.54, 1.807) is 24.3 Å². The van der Waals surface area contributed by atoms with Crippen molar-refractivity contribution in [3.8, 4) is 0 Å². The van der Waals surface area contributed by atoms with Crippen molar-refractivity contribution in [3.05, 3.63) is 71.3 Å². The molecule has 26 heavy (non-hydrogen) atoms. The zero-order valence-electron chi connectivity index (χ0n) is 13.9. The molecule has 0 spiro atoms. The summed E-state index contributed by atoms with van der Waals surface area (Å²) in [6.45, 7) is 0. The lowest BCUT2D eigenvalue weighted by molar-refractivity contribution is -0.130. The molecule has 2 amide bonds. The van der Waals surface area contributed by atoms with Crippen LogP contribution >= 0.6 is 0 Å². The van der Waals surface area contributed by atoms with E-state index >= 15 is 0 Å². The van der Waals surface area contributed by atoms with Gasteiger partial charge in [-0.15, -0.1) is 0 Å². The van der Waals surface area contributed by atoms with Crippen molar-refractivity contribution < 1.29 is 18.4 Å². The van der Waals surface area contributed by atoms with E-state index in [0.29, 0.717) is 12.8 Å². The number of amides is 2. The van der Waals surface area contributed by atoms with Gasteiger partial charge in [0, 0.05) is 11.8 Å². The summed E-state index contributed by atoms with van der Waals surface area (Å²) < 4.78 is 25.9. The first-order chi connectivity index (χ1) is 12.5. The van der Waals surface area contributed by atoms with Gasteiger partial charge in [0.15, 0.2) is 0 Å². The first-order valence-electron chi connectivity index (χ1n) is 8.63. The molecule has 2 aliphatic rings. The number of hydrogen-bond acceptors (Lipinski definition) is 2. The summed E-state index contributed by atoms with van der Waals surface area (Å²) in [5, 5.41) is 0. The van der Waals surface area contributed by atoms with Gasteiger partial charge in [-0.05, 0) is 60.1 Å². The minimum Gasteiger partial charge on any atom is -0.273 e. The lowest BCUT2D eigenvalue weighted by Crippen LogP contribution is -2.43. The fraction of sp³-hybridized carbons (Fsp3) is 0.300. The highest BCUT2D eigenvalue weighted by atomic mass is 19.1. The molecule has 134 valence electrons. The second kappa shape index (κ2) is 6.52. The van der Waals surface area contributed by atoms with Crippen molar-refractivity contribution in [3.63, 3.8) is 0 Å². The average Bonchev–Trinajstić information content (AvgIpc) is 3.53. The molecule has 6 heteroatoms. The highest BCUT2D eigenvalue weighted by molar-refractivity contribution is 5.88. The predicted octanol–water partition coefficient (Wildman–Crippen LogP) is 3.02. The van der Waals surface area contributed by atoms with E-state index in [4.69, 9.17) is 0 Å². The van der Waals surface area contributed by atoms with E-state index in [1.165, 1.54) is 24.3 Å². The normalized spacial score (nSPS) is 26.1. The van der Waals surface area contributed by atoms with Gasteiger partial charge in [0.25, 0.3) is 0 Å². The van der Waals surface area contributed by atoms with Gasteiger partial charge in [-0.1, -0.05) is 24.3 Å². The van der Waals surface area contributed by atoms with Gasteiger partial charge in [-0.25, -0.2) is 8.78 Å². The molecule has 4 nitrogen and oxygen atoms in total. The Kier molecular flexibility index (Phi) is 4.18. The van der Waals surface area contributed by atoms with Crippen LogP contribution < -0.4 is 10.9 Å². The first kappa shape index (κ1) is 16.7. The molecule has 0 saturated heterocycles. The summed E-state index contributed by atoms with van der Waals surface area (Å²) in [5.41, 5.74) is 6.83. The van der Waals surface area contributed by atoms with Gasteiger partial charge in [-0.3, -0.25) is 20.4 Å². The van der Waals surface area contributed by atoms with E-state index in [1.807, 2.05) is 0 Å². The third-order valence-electron chi connectivity index (χ3n) is 5.16. The summed E-state index contributed by atoms with van der Waals surface area (Å²) in [6, 6.07) is 12.3. The number of halogens is 2. The summed E-state index contributed by atoms with van der Waals surface area (Å²) in [5.74, 6) is -1.33. The molecule has 2 fully saturated rings. The summed E-state index contributed by atoms with van der Waals surface area (Å²) in [6.07, 6.45) is 1.38. The molecule has 0 radical (unpaired) electrons. The quantitative estimate of drug-likeness (QED) is 0.828. The Morgan fingerprint density at radius 1 is 0.692 bits per heavy atom. The Balaban J connectivity index is 1.25. The Bertz CT molecular complexity index is 764. The number of carbonyl (C=O) groups is 2. The molecule has 0 heterocycles. The van der Waals surface area contributed by atoms with Crippen LogP contribution in [0.4, 0.5) is 8.78 Å². The molecule has 4 atom stereocenters. The van der Waals surface area contributed by atoms with E-state index in [9.17, 15) is 18.4 Å². The number of benzene rings is 2. The van der Waals surface area contributed by atoms with Gasteiger partial charge < -0.3 is 0 Å². The highest BCUT2D eigenvalue weighted by Crippen LogP contribution is 2.48. The van der Waals surface area contributed by atoms with Crippen LogP contribution in [0.2, 0.25) is 0 Å². The summed E-state index contributed by atoms with van der Waals surface area (Å²) in [4.78, 5) is 24.3.